The lowest BCUT2D eigenvalue weighted by Crippen LogP contribution is -2.11. The largest absolute Gasteiger partial charge is 0.485 e. The molecule has 92 valence electrons. The maximum atomic E-state index is 12.0. The van der Waals surface area contributed by atoms with Gasteiger partial charge in [-0.3, -0.25) is 4.79 Å². The molecule has 2 aromatic rings. The van der Waals surface area contributed by atoms with Crippen LogP contribution in [0.5, 0.6) is 5.75 Å². The molecule has 0 heterocycles. The van der Waals surface area contributed by atoms with Crippen molar-refractivity contribution in [1.82, 2.24) is 0 Å². The highest BCUT2D eigenvalue weighted by Crippen LogP contribution is 2.11. The van der Waals surface area contributed by atoms with E-state index >= 15 is 0 Å². The van der Waals surface area contributed by atoms with E-state index in [1.54, 1.807) is 0 Å². The average molecular weight is 240 g/mol. The van der Waals surface area contributed by atoms with Gasteiger partial charge in [-0.05, 0) is 30.2 Å². The van der Waals surface area contributed by atoms with Gasteiger partial charge in [0.25, 0.3) is 0 Å². The molecule has 0 atom stereocenters. The van der Waals surface area contributed by atoms with Crippen LogP contribution in [-0.4, -0.2) is 12.4 Å². The summed E-state index contributed by atoms with van der Waals surface area (Å²) in [7, 11) is 0. The summed E-state index contributed by atoms with van der Waals surface area (Å²) in [6.07, 6.45) is 0.931. The van der Waals surface area contributed by atoms with Crippen molar-refractivity contribution < 1.29 is 9.53 Å². The number of carbonyl (C=O) groups is 1. The first-order valence-electron chi connectivity index (χ1n) is 6.09. The number of carbonyl (C=O) groups excluding carboxylic acids is 1. The lowest BCUT2D eigenvalue weighted by Gasteiger charge is -2.06. The molecule has 0 N–H and O–H groups in total. The fraction of sp³-hybridized carbons (Fsp3) is 0.188. The standard InChI is InChI=1S/C16H16O2/c1-2-13-7-6-8-14(11-13)16(17)12-18-15-9-4-3-5-10-15/h3-11H,2,12H2,1H3. The van der Waals surface area contributed by atoms with Gasteiger partial charge in [0.05, 0.1) is 0 Å². The molecule has 0 saturated carbocycles. The normalized spacial score (nSPS) is 10.1. The van der Waals surface area contributed by atoms with Crippen LogP contribution in [0.4, 0.5) is 0 Å². The minimum atomic E-state index is 0.00848. The summed E-state index contributed by atoms with van der Waals surface area (Å²) in [4.78, 5) is 12.0. The zero-order valence-electron chi connectivity index (χ0n) is 10.4. The Kier molecular flexibility index (Phi) is 4.13. The molecule has 0 bridgehead atoms. The summed E-state index contributed by atoms with van der Waals surface area (Å²) >= 11 is 0. The van der Waals surface area contributed by atoms with Gasteiger partial charge in [-0.15, -0.1) is 0 Å². The molecule has 0 saturated heterocycles. The molecule has 0 spiro atoms. The predicted molar refractivity (Wildman–Crippen MR) is 72.1 cm³/mol. The highest BCUT2D eigenvalue weighted by Gasteiger charge is 2.07. The molecule has 0 aliphatic rings. The summed E-state index contributed by atoms with van der Waals surface area (Å²) < 4.78 is 5.45. The second-order valence-electron chi connectivity index (χ2n) is 4.08. The van der Waals surface area contributed by atoms with Crippen LogP contribution >= 0.6 is 0 Å². The van der Waals surface area contributed by atoms with Crippen molar-refractivity contribution in [3.63, 3.8) is 0 Å². The molecule has 0 aromatic heterocycles. The SMILES string of the molecule is CCc1cccc(C(=O)COc2ccccc2)c1. The molecule has 2 rings (SSSR count). The van der Waals surface area contributed by atoms with E-state index in [1.807, 2.05) is 54.6 Å². The number of aryl methyl sites for hydroxylation is 1. The van der Waals surface area contributed by atoms with E-state index in [2.05, 4.69) is 6.92 Å². The number of rotatable bonds is 5. The molecule has 0 unspecified atom stereocenters. The number of para-hydroxylation sites is 1. The monoisotopic (exact) mass is 240 g/mol. The number of hydrogen-bond donors (Lipinski definition) is 0. The number of hydrogen-bond acceptors (Lipinski definition) is 2. The van der Waals surface area contributed by atoms with Crippen molar-refractivity contribution in [3.8, 4) is 5.75 Å². The highest BCUT2D eigenvalue weighted by atomic mass is 16.5. The first-order valence-corrected chi connectivity index (χ1v) is 6.09. The molecular formula is C16H16O2. The van der Waals surface area contributed by atoms with Crippen LogP contribution in [0.15, 0.2) is 54.6 Å². The van der Waals surface area contributed by atoms with Gasteiger partial charge in [-0.25, -0.2) is 0 Å². The Morgan fingerprint density at radius 2 is 1.83 bits per heavy atom. The molecule has 0 aliphatic carbocycles. The fourth-order valence-electron chi connectivity index (χ4n) is 1.71. The molecule has 2 heteroatoms. The second kappa shape index (κ2) is 6.01. The zero-order chi connectivity index (χ0) is 12.8. The number of ketones is 1. The van der Waals surface area contributed by atoms with Crippen molar-refractivity contribution in [2.24, 2.45) is 0 Å². The van der Waals surface area contributed by atoms with Gasteiger partial charge in [0.2, 0.25) is 0 Å². The van der Waals surface area contributed by atoms with Gasteiger partial charge in [-0.2, -0.15) is 0 Å². The van der Waals surface area contributed by atoms with Gasteiger partial charge < -0.3 is 4.74 Å². The van der Waals surface area contributed by atoms with Crippen molar-refractivity contribution in [2.45, 2.75) is 13.3 Å². The molecule has 0 radical (unpaired) electrons. The first kappa shape index (κ1) is 12.4. The maximum absolute atomic E-state index is 12.0. The van der Waals surface area contributed by atoms with Gasteiger partial charge in [-0.1, -0.05) is 43.3 Å². The van der Waals surface area contributed by atoms with Crippen LogP contribution < -0.4 is 4.74 Å². The molecule has 18 heavy (non-hydrogen) atoms. The Balaban J connectivity index is 1.99. The molecule has 0 aliphatic heterocycles. The first-order chi connectivity index (χ1) is 8.79. The number of ether oxygens (including phenoxy) is 1. The molecule has 2 aromatic carbocycles. The Morgan fingerprint density at radius 1 is 1.06 bits per heavy atom. The number of Topliss-reactive ketones (excluding diaryl/α,β-unsaturated/α-hetero) is 1. The van der Waals surface area contributed by atoms with E-state index in [0.717, 1.165) is 12.2 Å². The fourth-order valence-corrected chi connectivity index (χ4v) is 1.71. The quantitative estimate of drug-likeness (QED) is 0.747. The summed E-state index contributed by atoms with van der Waals surface area (Å²) in [6.45, 7) is 2.15. The summed E-state index contributed by atoms with van der Waals surface area (Å²) in [5.74, 6) is 0.728. The predicted octanol–water partition coefficient (Wildman–Crippen LogP) is 3.51. The van der Waals surface area contributed by atoms with Gasteiger partial charge in [0.15, 0.2) is 12.4 Å². The van der Waals surface area contributed by atoms with Crippen LogP contribution in [0.2, 0.25) is 0 Å². The summed E-state index contributed by atoms with van der Waals surface area (Å²) in [6, 6.07) is 17.1. The van der Waals surface area contributed by atoms with Crippen molar-refractivity contribution in [3.05, 3.63) is 65.7 Å². The van der Waals surface area contributed by atoms with Crippen LogP contribution in [0.1, 0.15) is 22.8 Å². The Morgan fingerprint density at radius 3 is 2.56 bits per heavy atom. The molecule has 0 amide bonds. The van der Waals surface area contributed by atoms with Gasteiger partial charge in [0, 0.05) is 5.56 Å². The minimum Gasteiger partial charge on any atom is -0.485 e. The van der Waals surface area contributed by atoms with Crippen molar-refractivity contribution in [2.75, 3.05) is 6.61 Å². The van der Waals surface area contributed by atoms with Crippen LogP contribution in [-0.2, 0) is 6.42 Å². The van der Waals surface area contributed by atoms with Crippen LogP contribution in [0, 0.1) is 0 Å². The average Bonchev–Trinajstić information content (AvgIpc) is 2.46. The van der Waals surface area contributed by atoms with Crippen molar-refractivity contribution >= 4 is 5.78 Å². The van der Waals surface area contributed by atoms with E-state index in [1.165, 1.54) is 5.56 Å². The molecule has 0 fully saturated rings. The Bertz CT molecular complexity index is 518. The van der Waals surface area contributed by atoms with Crippen molar-refractivity contribution in [1.29, 1.82) is 0 Å². The van der Waals surface area contributed by atoms with Gasteiger partial charge in [0.1, 0.15) is 5.75 Å². The minimum absolute atomic E-state index is 0.00848. The van der Waals surface area contributed by atoms with Crippen LogP contribution in [0.3, 0.4) is 0 Å². The Hall–Kier alpha value is -2.09. The second-order valence-corrected chi connectivity index (χ2v) is 4.08. The third-order valence-corrected chi connectivity index (χ3v) is 2.77. The molecular weight excluding hydrogens is 224 g/mol. The third-order valence-electron chi connectivity index (χ3n) is 2.77. The topological polar surface area (TPSA) is 26.3 Å². The maximum Gasteiger partial charge on any atom is 0.200 e. The lowest BCUT2D eigenvalue weighted by atomic mass is 10.1. The van der Waals surface area contributed by atoms with E-state index in [4.69, 9.17) is 4.74 Å². The van der Waals surface area contributed by atoms with Gasteiger partial charge >= 0.3 is 0 Å². The zero-order valence-corrected chi connectivity index (χ0v) is 10.4. The van der Waals surface area contributed by atoms with E-state index in [0.29, 0.717) is 5.56 Å². The third kappa shape index (κ3) is 3.20. The lowest BCUT2D eigenvalue weighted by molar-refractivity contribution is 0.0921. The highest BCUT2D eigenvalue weighted by molar-refractivity contribution is 5.97. The van der Waals surface area contributed by atoms with E-state index < -0.39 is 0 Å². The number of benzene rings is 2. The van der Waals surface area contributed by atoms with E-state index in [-0.39, 0.29) is 12.4 Å². The van der Waals surface area contributed by atoms with E-state index in [9.17, 15) is 4.79 Å². The summed E-state index contributed by atoms with van der Waals surface area (Å²) in [5, 5.41) is 0. The summed E-state index contributed by atoms with van der Waals surface area (Å²) in [5.41, 5.74) is 1.88. The smallest absolute Gasteiger partial charge is 0.200 e. The molecule has 2 nitrogen and oxygen atoms in total. The Labute approximate surface area is 107 Å². The van der Waals surface area contributed by atoms with Crippen LogP contribution in [0.25, 0.3) is 0 Å².